The van der Waals surface area contributed by atoms with Crippen molar-refractivity contribution in [2.24, 2.45) is 10.4 Å². The van der Waals surface area contributed by atoms with Gasteiger partial charge in [0.25, 0.3) is 0 Å². The Bertz CT molecular complexity index is 324. The molecule has 4 nitrogen and oxygen atoms in total. The Morgan fingerprint density at radius 1 is 1.19 bits per heavy atom. The maximum atomic E-state index is 5.09. The number of aliphatic imine (C=N–C) groups is 1. The number of likely N-dealkylation sites (tertiary alicyclic amines) is 1. The summed E-state index contributed by atoms with van der Waals surface area (Å²) in [5.41, 5.74) is 0.620. The van der Waals surface area contributed by atoms with Crippen molar-refractivity contribution in [2.75, 3.05) is 39.9 Å². The van der Waals surface area contributed by atoms with Crippen molar-refractivity contribution in [2.45, 2.75) is 58.3 Å². The highest BCUT2D eigenvalue weighted by Gasteiger charge is 2.40. The molecule has 0 aromatic carbocycles. The van der Waals surface area contributed by atoms with Crippen LogP contribution in [-0.2, 0) is 4.74 Å². The summed E-state index contributed by atoms with van der Waals surface area (Å²) in [4.78, 5) is 7.34. The first kappa shape index (κ1) is 16.6. The standard InChI is InChI=1S/C17H33N3O/c1-3-18-16(19-12-7-4-8-14-21-2)20-13-11-17(15-20)9-5-6-10-17/h3-15H2,1-2H3,(H,18,19). The number of guanidine groups is 1. The summed E-state index contributed by atoms with van der Waals surface area (Å²) < 4.78 is 5.09. The normalized spacial score (nSPS) is 21.4. The lowest BCUT2D eigenvalue weighted by Gasteiger charge is -2.26. The average molecular weight is 295 g/mol. The Hall–Kier alpha value is -0.770. The van der Waals surface area contributed by atoms with Gasteiger partial charge in [-0.2, -0.15) is 0 Å². The summed E-state index contributed by atoms with van der Waals surface area (Å²) >= 11 is 0. The molecule has 1 saturated heterocycles. The van der Waals surface area contributed by atoms with Crippen LogP contribution in [0.1, 0.15) is 58.3 Å². The second-order valence-electron chi connectivity index (χ2n) is 6.67. The fraction of sp³-hybridized carbons (Fsp3) is 0.941. The van der Waals surface area contributed by atoms with Gasteiger partial charge in [0.1, 0.15) is 0 Å². The first-order valence-corrected chi connectivity index (χ1v) is 8.82. The Kier molecular flexibility index (Phi) is 6.81. The molecular weight excluding hydrogens is 262 g/mol. The largest absolute Gasteiger partial charge is 0.385 e. The molecule has 0 radical (unpaired) electrons. The number of nitrogens with one attached hydrogen (secondary N) is 1. The minimum Gasteiger partial charge on any atom is -0.385 e. The van der Waals surface area contributed by atoms with Crippen molar-refractivity contribution in [3.05, 3.63) is 0 Å². The van der Waals surface area contributed by atoms with Gasteiger partial charge in [-0.25, -0.2) is 0 Å². The zero-order valence-electron chi connectivity index (χ0n) is 14.0. The fourth-order valence-electron chi connectivity index (χ4n) is 3.79. The highest BCUT2D eigenvalue weighted by molar-refractivity contribution is 5.80. The van der Waals surface area contributed by atoms with Crippen LogP contribution >= 0.6 is 0 Å². The number of unbranched alkanes of at least 4 members (excludes halogenated alkanes) is 2. The number of hydrogen-bond donors (Lipinski definition) is 1. The number of methoxy groups -OCH3 is 1. The summed E-state index contributed by atoms with van der Waals surface area (Å²) in [5.74, 6) is 1.15. The minimum atomic E-state index is 0.620. The summed E-state index contributed by atoms with van der Waals surface area (Å²) in [6.07, 6.45) is 10.6. The molecule has 0 bridgehead atoms. The molecule has 1 N–H and O–H groups in total. The monoisotopic (exact) mass is 295 g/mol. The van der Waals surface area contributed by atoms with Crippen LogP contribution in [0.15, 0.2) is 4.99 Å². The first-order valence-electron chi connectivity index (χ1n) is 8.82. The predicted molar refractivity (Wildman–Crippen MR) is 88.8 cm³/mol. The molecule has 0 unspecified atom stereocenters. The second kappa shape index (κ2) is 8.62. The lowest BCUT2D eigenvalue weighted by atomic mass is 9.86. The van der Waals surface area contributed by atoms with E-state index in [1.807, 2.05) is 0 Å². The van der Waals surface area contributed by atoms with E-state index in [4.69, 9.17) is 9.73 Å². The Balaban J connectivity index is 1.78. The van der Waals surface area contributed by atoms with E-state index in [9.17, 15) is 0 Å². The molecule has 21 heavy (non-hydrogen) atoms. The average Bonchev–Trinajstić information content (AvgIpc) is 3.12. The predicted octanol–water partition coefficient (Wildman–Crippen LogP) is 3.03. The van der Waals surface area contributed by atoms with E-state index in [0.29, 0.717) is 5.41 Å². The van der Waals surface area contributed by atoms with Crippen LogP contribution in [0.2, 0.25) is 0 Å². The SMILES string of the molecule is CCNC(=NCCCCCOC)N1CCC2(CCCC2)C1. The Morgan fingerprint density at radius 3 is 2.71 bits per heavy atom. The van der Waals surface area contributed by atoms with E-state index in [-0.39, 0.29) is 0 Å². The van der Waals surface area contributed by atoms with Crippen LogP contribution in [0, 0.1) is 5.41 Å². The van der Waals surface area contributed by atoms with Crippen molar-refractivity contribution < 1.29 is 4.74 Å². The smallest absolute Gasteiger partial charge is 0.193 e. The van der Waals surface area contributed by atoms with E-state index >= 15 is 0 Å². The maximum Gasteiger partial charge on any atom is 0.193 e. The van der Waals surface area contributed by atoms with E-state index in [1.165, 1.54) is 51.6 Å². The fourth-order valence-corrected chi connectivity index (χ4v) is 3.79. The van der Waals surface area contributed by atoms with Gasteiger partial charge in [-0.3, -0.25) is 4.99 Å². The number of ether oxygens (including phenoxy) is 1. The van der Waals surface area contributed by atoms with Crippen LogP contribution in [0.5, 0.6) is 0 Å². The first-order chi connectivity index (χ1) is 10.3. The summed E-state index contributed by atoms with van der Waals surface area (Å²) in [5, 5.41) is 3.48. The zero-order valence-corrected chi connectivity index (χ0v) is 14.0. The highest BCUT2D eigenvalue weighted by atomic mass is 16.5. The lowest BCUT2D eigenvalue weighted by Crippen LogP contribution is -2.41. The highest BCUT2D eigenvalue weighted by Crippen LogP contribution is 2.45. The number of rotatable bonds is 7. The third-order valence-electron chi connectivity index (χ3n) is 5.01. The topological polar surface area (TPSA) is 36.9 Å². The van der Waals surface area contributed by atoms with E-state index in [0.717, 1.165) is 38.5 Å². The van der Waals surface area contributed by atoms with Gasteiger partial charge in [0.2, 0.25) is 0 Å². The van der Waals surface area contributed by atoms with Gasteiger partial charge in [-0.05, 0) is 50.9 Å². The van der Waals surface area contributed by atoms with Gasteiger partial charge in [-0.15, -0.1) is 0 Å². The molecule has 1 aliphatic carbocycles. The zero-order chi connectivity index (χ0) is 15.0. The number of nitrogens with zero attached hydrogens (tertiary/aromatic N) is 2. The molecule has 1 saturated carbocycles. The van der Waals surface area contributed by atoms with Crippen molar-refractivity contribution in [1.29, 1.82) is 0 Å². The molecule has 2 fully saturated rings. The van der Waals surface area contributed by atoms with Crippen LogP contribution in [-0.4, -0.2) is 50.8 Å². The molecule has 0 atom stereocenters. The molecule has 4 heteroatoms. The van der Waals surface area contributed by atoms with E-state index < -0.39 is 0 Å². The third kappa shape index (κ3) is 4.87. The second-order valence-corrected chi connectivity index (χ2v) is 6.67. The van der Waals surface area contributed by atoms with Crippen LogP contribution < -0.4 is 5.32 Å². The van der Waals surface area contributed by atoms with Gasteiger partial charge in [0, 0.05) is 39.9 Å². The summed E-state index contributed by atoms with van der Waals surface area (Å²) in [6, 6.07) is 0. The molecule has 122 valence electrons. The van der Waals surface area contributed by atoms with Gasteiger partial charge in [0.05, 0.1) is 0 Å². The Morgan fingerprint density at radius 2 is 2.00 bits per heavy atom. The minimum absolute atomic E-state index is 0.620. The molecule has 1 heterocycles. The van der Waals surface area contributed by atoms with E-state index in [1.54, 1.807) is 7.11 Å². The van der Waals surface area contributed by atoms with Crippen LogP contribution in [0.25, 0.3) is 0 Å². The molecule has 2 aliphatic rings. The maximum absolute atomic E-state index is 5.09. The lowest BCUT2D eigenvalue weighted by molar-refractivity contribution is 0.192. The van der Waals surface area contributed by atoms with Crippen LogP contribution in [0.4, 0.5) is 0 Å². The van der Waals surface area contributed by atoms with Crippen molar-refractivity contribution in [3.63, 3.8) is 0 Å². The third-order valence-corrected chi connectivity index (χ3v) is 5.01. The Labute approximate surface area is 130 Å². The van der Waals surface area contributed by atoms with Crippen molar-refractivity contribution in [1.82, 2.24) is 10.2 Å². The van der Waals surface area contributed by atoms with Gasteiger partial charge < -0.3 is 15.0 Å². The summed E-state index contributed by atoms with van der Waals surface area (Å²) in [6.45, 7) is 7.35. The molecule has 2 rings (SSSR count). The van der Waals surface area contributed by atoms with Gasteiger partial charge >= 0.3 is 0 Å². The van der Waals surface area contributed by atoms with Crippen LogP contribution in [0.3, 0.4) is 0 Å². The molecule has 0 aromatic heterocycles. The number of hydrogen-bond acceptors (Lipinski definition) is 2. The molecule has 1 spiro atoms. The van der Waals surface area contributed by atoms with Crippen molar-refractivity contribution in [3.8, 4) is 0 Å². The molecule has 0 amide bonds. The van der Waals surface area contributed by atoms with Gasteiger partial charge in [0.15, 0.2) is 5.96 Å². The van der Waals surface area contributed by atoms with Crippen molar-refractivity contribution >= 4 is 5.96 Å². The molecule has 0 aromatic rings. The molecular formula is C17H33N3O. The van der Waals surface area contributed by atoms with Gasteiger partial charge in [-0.1, -0.05) is 12.8 Å². The molecule has 1 aliphatic heterocycles. The quantitative estimate of drug-likeness (QED) is 0.445. The van der Waals surface area contributed by atoms with E-state index in [2.05, 4.69) is 17.1 Å². The summed E-state index contributed by atoms with van der Waals surface area (Å²) in [7, 11) is 1.77.